The molecule has 1 N–H and O–H groups in total. The molecule has 0 spiro atoms. The molecule has 0 bridgehead atoms. The highest BCUT2D eigenvalue weighted by Gasteiger charge is 2.36. The Kier molecular flexibility index (Phi) is 4.42. The Hall–Kier alpha value is -3.14. The quantitative estimate of drug-likeness (QED) is 0.475. The van der Waals surface area contributed by atoms with E-state index in [1.165, 1.54) is 18.4 Å². The number of rotatable bonds is 3. The van der Waals surface area contributed by atoms with Gasteiger partial charge >= 0.3 is 6.18 Å². The van der Waals surface area contributed by atoms with Crippen LogP contribution in [0.2, 0.25) is 0 Å². The van der Waals surface area contributed by atoms with Crippen molar-refractivity contribution in [3.05, 3.63) is 70.7 Å². The summed E-state index contributed by atoms with van der Waals surface area (Å²) in [4.78, 5) is 16.8. The van der Waals surface area contributed by atoms with Crippen LogP contribution in [0.25, 0.3) is 17.1 Å². The Bertz CT molecular complexity index is 1150. The molecule has 0 aliphatic carbocycles. The summed E-state index contributed by atoms with van der Waals surface area (Å²) in [7, 11) is 0. The number of nitrogens with zero attached hydrogens (tertiary/aromatic N) is 3. The third kappa shape index (κ3) is 3.38. The van der Waals surface area contributed by atoms with Gasteiger partial charge in [-0.1, -0.05) is 15.9 Å². The van der Waals surface area contributed by atoms with Crippen LogP contribution in [-0.4, -0.2) is 20.5 Å². The largest absolute Gasteiger partial charge is 0.463 e. The Morgan fingerprint density at radius 1 is 1.18 bits per heavy atom. The van der Waals surface area contributed by atoms with E-state index >= 15 is 0 Å². The summed E-state index contributed by atoms with van der Waals surface area (Å²) in [6.45, 7) is 0. The molecule has 0 aliphatic heterocycles. The number of benzene rings is 1. The predicted molar refractivity (Wildman–Crippen MR) is 97.8 cm³/mol. The number of halogens is 4. The van der Waals surface area contributed by atoms with Crippen LogP contribution in [0.15, 0.2) is 63.8 Å². The lowest BCUT2D eigenvalue weighted by Gasteiger charge is -2.10. The van der Waals surface area contributed by atoms with Gasteiger partial charge in [-0.25, -0.2) is 9.50 Å². The maximum Gasteiger partial charge on any atom is 0.433 e. The van der Waals surface area contributed by atoms with Crippen LogP contribution in [-0.2, 0) is 6.18 Å². The number of fused-ring (bicyclic) bond motifs is 1. The molecule has 0 saturated carbocycles. The van der Waals surface area contributed by atoms with Gasteiger partial charge in [0.25, 0.3) is 5.91 Å². The minimum atomic E-state index is -4.70. The second-order valence-corrected chi connectivity index (χ2v) is 6.67. The van der Waals surface area contributed by atoms with Crippen LogP contribution in [0.3, 0.4) is 0 Å². The van der Waals surface area contributed by atoms with Crippen molar-refractivity contribution in [1.29, 1.82) is 0 Å². The van der Waals surface area contributed by atoms with Crippen LogP contribution in [0.5, 0.6) is 0 Å². The molecule has 4 rings (SSSR count). The van der Waals surface area contributed by atoms with Gasteiger partial charge in [-0.3, -0.25) is 4.79 Å². The average molecular weight is 451 g/mol. The van der Waals surface area contributed by atoms with Crippen LogP contribution in [0.1, 0.15) is 16.1 Å². The first-order valence-corrected chi connectivity index (χ1v) is 8.69. The summed E-state index contributed by atoms with van der Waals surface area (Å²) in [6.07, 6.45) is -2.32. The molecule has 0 radical (unpaired) electrons. The molecule has 0 atom stereocenters. The first kappa shape index (κ1) is 18.2. The zero-order valence-electron chi connectivity index (χ0n) is 13.9. The molecule has 3 aromatic heterocycles. The minimum Gasteiger partial charge on any atom is -0.463 e. The van der Waals surface area contributed by atoms with E-state index < -0.39 is 17.8 Å². The molecule has 1 amide bonds. The number of alkyl halides is 3. The van der Waals surface area contributed by atoms with Gasteiger partial charge in [-0.2, -0.15) is 18.3 Å². The lowest BCUT2D eigenvalue weighted by molar-refractivity contribution is -0.142. The van der Waals surface area contributed by atoms with Crippen molar-refractivity contribution in [3.63, 3.8) is 0 Å². The molecule has 4 aromatic rings. The van der Waals surface area contributed by atoms with Crippen molar-refractivity contribution >= 4 is 33.2 Å². The normalized spacial score (nSPS) is 11.7. The summed E-state index contributed by atoms with van der Waals surface area (Å²) in [5, 5.41) is 6.34. The first-order valence-electron chi connectivity index (χ1n) is 7.90. The van der Waals surface area contributed by atoms with Crippen LogP contribution in [0.4, 0.5) is 18.9 Å². The minimum absolute atomic E-state index is 0.0528. The maximum absolute atomic E-state index is 13.5. The number of carbonyl (C=O) groups is 1. The van der Waals surface area contributed by atoms with Crippen molar-refractivity contribution in [2.24, 2.45) is 0 Å². The number of furan rings is 1. The summed E-state index contributed by atoms with van der Waals surface area (Å²) in [5.41, 5.74) is -0.960. The van der Waals surface area contributed by atoms with Gasteiger partial charge in [-0.15, -0.1) is 0 Å². The number of hydrogen-bond donors (Lipinski definition) is 1. The Morgan fingerprint density at radius 2 is 1.93 bits per heavy atom. The number of amides is 1. The summed E-state index contributed by atoms with van der Waals surface area (Å²) in [5.74, 6) is -0.483. The van der Waals surface area contributed by atoms with E-state index in [0.717, 1.165) is 16.7 Å². The van der Waals surface area contributed by atoms with E-state index in [2.05, 4.69) is 31.3 Å². The fourth-order valence-corrected chi connectivity index (χ4v) is 2.87. The molecule has 1 aromatic carbocycles. The molecule has 3 heterocycles. The number of nitrogens with one attached hydrogen (secondary N) is 1. The number of carbonyl (C=O) groups excluding carboxylic acids is 1. The van der Waals surface area contributed by atoms with Crippen molar-refractivity contribution in [2.45, 2.75) is 6.18 Å². The molecule has 0 saturated heterocycles. The van der Waals surface area contributed by atoms with E-state index in [0.29, 0.717) is 10.2 Å². The Balaban J connectivity index is 1.82. The van der Waals surface area contributed by atoms with Crippen molar-refractivity contribution in [3.8, 4) is 11.5 Å². The van der Waals surface area contributed by atoms with E-state index in [1.54, 1.807) is 24.3 Å². The number of anilines is 1. The van der Waals surface area contributed by atoms with Crippen molar-refractivity contribution in [2.75, 3.05) is 5.32 Å². The molecular weight excluding hydrogens is 441 g/mol. The van der Waals surface area contributed by atoms with Gasteiger partial charge in [0.15, 0.2) is 17.1 Å². The Morgan fingerprint density at radius 3 is 2.57 bits per heavy atom. The fraction of sp³-hybridized carbons (Fsp3) is 0.0556. The molecular formula is C18H10BrF3N4O2. The van der Waals surface area contributed by atoms with Gasteiger partial charge in [0, 0.05) is 10.2 Å². The third-order valence-corrected chi connectivity index (χ3v) is 4.41. The maximum atomic E-state index is 13.5. The van der Waals surface area contributed by atoms with Gasteiger partial charge in [0.05, 0.1) is 12.5 Å². The van der Waals surface area contributed by atoms with E-state index in [4.69, 9.17) is 4.42 Å². The fourth-order valence-electron chi connectivity index (χ4n) is 2.61. The SMILES string of the molecule is O=C(Nc1ccc(Br)cc1)c1cnn2c(C(F)(F)F)cc(-c3ccco3)nc12. The molecule has 142 valence electrons. The number of hydrogen-bond acceptors (Lipinski definition) is 4. The highest BCUT2D eigenvalue weighted by Crippen LogP contribution is 2.33. The van der Waals surface area contributed by atoms with Crippen molar-refractivity contribution < 1.29 is 22.4 Å². The third-order valence-electron chi connectivity index (χ3n) is 3.88. The standard InChI is InChI=1S/C18H10BrF3N4O2/c19-10-3-5-11(6-4-10)24-17(27)12-9-23-26-15(18(20,21)22)8-13(25-16(12)26)14-2-1-7-28-14/h1-9H,(H,24,27). The lowest BCUT2D eigenvalue weighted by atomic mass is 10.2. The molecule has 0 unspecified atom stereocenters. The smallest absolute Gasteiger partial charge is 0.433 e. The van der Waals surface area contributed by atoms with Gasteiger partial charge in [0.1, 0.15) is 11.3 Å². The summed E-state index contributed by atoms with van der Waals surface area (Å²) in [6, 6.07) is 10.6. The van der Waals surface area contributed by atoms with Crippen LogP contribution < -0.4 is 5.32 Å². The summed E-state index contributed by atoms with van der Waals surface area (Å²) >= 11 is 3.28. The second-order valence-electron chi connectivity index (χ2n) is 5.76. The molecule has 6 nitrogen and oxygen atoms in total. The van der Waals surface area contributed by atoms with E-state index in [1.807, 2.05) is 0 Å². The highest BCUT2D eigenvalue weighted by molar-refractivity contribution is 9.10. The average Bonchev–Trinajstić information content (AvgIpc) is 3.31. The molecule has 0 aliphatic rings. The highest BCUT2D eigenvalue weighted by atomic mass is 79.9. The monoisotopic (exact) mass is 450 g/mol. The lowest BCUT2D eigenvalue weighted by Crippen LogP contribution is -2.15. The Labute approximate surface area is 164 Å². The van der Waals surface area contributed by atoms with Gasteiger partial charge in [-0.05, 0) is 42.5 Å². The first-order chi connectivity index (χ1) is 13.3. The number of aromatic nitrogens is 3. The van der Waals surface area contributed by atoms with Gasteiger partial charge in [0.2, 0.25) is 0 Å². The van der Waals surface area contributed by atoms with E-state index in [9.17, 15) is 18.0 Å². The molecule has 10 heteroatoms. The van der Waals surface area contributed by atoms with Crippen LogP contribution >= 0.6 is 15.9 Å². The van der Waals surface area contributed by atoms with Crippen LogP contribution in [0, 0.1) is 0 Å². The topological polar surface area (TPSA) is 72.4 Å². The van der Waals surface area contributed by atoms with E-state index in [-0.39, 0.29) is 22.7 Å². The zero-order chi connectivity index (χ0) is 19.9. The van der Waals surface area contributed by atoms with Crippen molar-refractivity contribution in [1.82, 2.24) is 14.6 Å². The zero-order valence-corrected chi connectivity index (χ0v) is 15.5. The summed E-state index contributed by atoms with van der Waals surface area (Å²) < 4.78 is 47.1. The molecule has 28 heavy (non-hydrogen) atoms. The van der Waals surface area contributed by atoms with Gasteiger partial charge < -0.3 is 9.73 Å². The second kappa shape index (κ2) is 6.79. The predicted octanol–water partition coefficient (Wildman–Crippen LogP) is 5.02. The molecule has 0 fully saturated rings.